The summed E-state index contributed by atoms with van der Waals surface area (Å²) in [7, 11) is 1.43. The van der Waals surface area contributed by atoms with Gasteiger partial charge >= 0.3 is 0 Å². The highest BCUT2D eigenvalue weighted by Crippen LogP contribution is 2.30. The first-order chi connectivity index (χ1) is 12.0. The molecule has 0 bridgehead atoms. The first-order valence-electron chi connectivity index (χ1n) is 7.93. The van der Waals surface area contributed by atoms with E-state index in [0.717, 1.165) is 5.56 Å². The molecule has 0 aromatic heterocycles. The minimum atomic E-state index is -0.529. The number of halogens is 1. The van der Waals surface area contributed by atoms with Crippen LogP contribution in [0.3, 0.4) is 0 Å². The van der Waals surface area contributed by atoms with Crippen molar-refractivity contribution in [3.05, 3.63) is 69.8 Å². The Balaban J connectivity index is 0.00000243. The van der Waals surface area contributed by atoms with Crippen LogP contribution in [0, 0.1) is 10.1 Å². The molecule has 0 radical (unpaired) electrons. The molecule has 26 heavy (non-hydrogen) atoms. The Labute approximate surface area is 157 Å². The normalized spacial score (nSPS) is 18.9. The van der Waals surface area contributed by atoms with E-state index in [9.17, 15) is 14.9 Å². The number of nitrogens with two attached hydrogens (primary N) is 1. The molecule has 2 aromatic rings. The Morgan fingerprint density at radius 1 is 1.23 bits per heavy atom. The molecule has 2 atom stereocenters. The van der Waals surface area contributed by atoms with Crippen molar-refractivity contribution in [2.45, 2.75) is 12.0 Å². The number of methoxy groups -OCH3 is 1. The van der Waals surface area contributed by atoms with Crippen LogP contribution in [0.15, 0.2) is 48.5 Å². The minimum absolute atomic E-state index is 0. The molecule has 1 fully saturated rings. The number of rotatable bonds is 4. The second-order valence-corrected chi connectivity index (χ2v) is 6.03. The van der Waals surface area contributed by atoms with Crippen molar-refractivity contribution in [1.82, 2.24) is 4.90 Å². The van der Waals surface area contributed by atoms with Gasteiger partial charge in [-0.3, -0.25) is 14.9 Å². The van der Waals surface area contributed by atoms with Crippen molar-refractivity contribution in [2.75, 3.05) is 20.2 Å². The number of hydrogen-bond donors (Lipinski definition) is 1. The number of carbonyl (C=O) groups is 1. The van der Waals surface area contributed by atoms with Gasteiger partial charge in [0.2, 0.25) is 0 Å². The van der Waals surface area contributed by atoms with Crippen LogP contribution in [0.25, 0.3) is 0 Å². The third-order valence-electron chi connectivity index (χ3n) is 4.50. The molecule has 3 rings (SSSR count). The Morgan fingerprint density at radius 3 is 2.54 bits per heavy atom. The van der Waals surface area contributed by atoms with Crippen molar-refractivity contribution in [2.24, 2.45) is 5.73 Å². The van der Waals surface area contributed by atoms with Gasteiger partial charge in [0.1, 0.15) is 5.75 Å². The molecule has 138 valence electrons. The molecule has 0 unspecified atom stereocenters. The Hall–Kier alpha value is -2.64. The monoisotopic (exact) mass is 377 g/mol. The van der Waals surface area contributed by atoms with E-state index in [1.54, 1.807) is 4.90 Å². The number of non-ortho nitro benzene ring substituents is 1. The molecule has 1 amide bonds. The third-order valence-corrected chi connectivity index (χ3v) is 4.50. The zero-order valence-corrected chi connectivity index (χ0v) is 15.0. The first kappa shape index (κ1) is 19.7. The van der Waals surface area contributed by atoms with Gasteiger partial charge in [-0.05, 0) is 11.6 Å². The Morgan fingerprint density at radius 2 is 1.92 bits per heavy atom. The lowest BCUT2D eigenvalue weighted by atomic mass is 9.95. The van der Waals surface area contributed by atoms with E-state index in [1.165, 1.54) is 25.3 Å². The van der Waals surface area contributed by atoms with E-state index >= 15 is 0 Å². The van der Waals surface area contributed by atoms with Gasteiger partial charge < -0.3 is 15.4 Å². The molecular weight excluding hydrogens is 358 g/mol. The largest absolute Gasteiger partial charge is 0.496 e. The fourth-order valence-corrected chi connectivity index (χ4v) is 3.19. The van der Waals surface area contributed by atoms with E-state index in [2.05, 4.69) is 0 Å². The van der Waals surface area contributed by atoms with Crippen LogP contribution < -0.4 is 10.5 Å². The van der Waals surface area contributed by atoms with Crippen molar-refractivity contribution in [1.29, 1.82) is 0 Å². The summed E-state index contributed by atoms with van der Waals surface area (Å²) in [6.45, 7) is 0.861. The van der Waals surface area contributed by atoms with Crippen LogP contribution in [-0.2, 0) is 0 Å². The second-order valence-electron chi connectivity index (χ2n) is 6.03. The van der Waals surface area contributed by atoms with Gasteiger partial charge in [0.15, 0.2) is 0 Å². The lowest BCUT2D eigenvalue weighted by Crippen LogP contribution is -2.32. The Kier molecular flexibility index (Phi) is 6.18. The zero-order valence-electron chi connectivity index (χ0n) is 14.2. The summed E-state index contributed by atoms with van der Waals surface area (Å²) in [4.78, 5) is 25.0. The van der Waals surface area contributed by atoms with Gasteiger partial charge in [0.25, 0.3) is 11.6 Å². The summed E-state index contributed by atoms with van der Waals surface area (Å²) in [5, 5.41) is 11.0. The summed E-state index contributed by atoms with van der Waals surface area (Å²) < 4.78 is 5.20. The number of benzene rings is 2. The highest BCUT2D eigenvalue weighted by atomic mass is 35.5. The third kappa shape index (κ3) is 3.79. The van der Waals surface area contributed by atoms with Crippen molar-refractivity contribution < 1.29 is 14.5 Å². The molecule has 1 saturated heterocycles. The van der Waals surface area contributed by atoms with Gasteiger partial charge in [-0.15, -0.1) is 12.4 Å². The summed E-state index contributed by atoms with van der Waals surface area (Å²) in [5.41, 5.74) is 7.34. The number of nitro groups is 1. The van der Waals surface area contributed by atoms with Crippen LogP contribution in [0.2, 0.25) is 0 Å². The minimum Gasteiger partial charge on any atom is -0.496 e. The van der Waals surface area contributed by atoms with Crippen LogP contribution in [-0.4, -0.2) is 42.0 Å². The number of carbonyl (C=O) groups excluding carboxylic acids is 1. The van der Waals surface area contributed by atoms with Crippen molar-refractivity contribution in [3.63, 3.8) is 0 Å². The predicted octanol–water partition coefficient (Wildman–Crippen LogP) is 2.59. The number of nitro benzene ring substituents is 1. The summed E-state index contributed by atoms with van der Waals surface area (Å²) in [6, 6.07) is 13.6. The van der Waals surface area contributed by atoms with Crippen molar-refractivity contribution >= 4 is 24.0 Å². The van der Waals surface area contributed by atoms with E-state index in [1.807, 2.05) is 30.3 Å². The molecule has 7 nitrogen and oxygen atoms in total. The van der Waals surface area contributed by atoms with Crippen LogP contribution in [0.5, 0.6) is 5.75 Å². The summed E-state index contributed by atoms with van der Waals surface area (Å²) >= 11 is 0. The van der Waals surface area contributed by atoms with Gasteiger partial charge in [-0.2, -0.15) is 0 Å². The number of amides is 1. The van der Waals surface area contributed by atoms with Crippen LogP contribution in [0.1, 0.15) is 21.8 Å². The SMILES string of the molecule is COc1ccc([N+](=O)[O-])cc1C(=O)N1C[C@@H](N)[C@H](c2ccccc2)C1.Cl. The average molecular weight is 378 g/mol. The fourth-order valence-electron chi connectivity index (χ4n) is 3.19. The lowest BCUT2D eigenvalue weighted by Gasteiger charge is -2.18. The van der Waals surface area contributed by atoms with E-state index in [-0.39, 0.29) is 41.5 Å². The summed E-state index contributed by atoms with van der Waals surface area (Å²) in [6.07, 6.45) is 0. The van der Waals surface area contributed by atoms with Gasteiger partial charge in [-0.1, -0.05) is 30.3 Å². The van der Waals surface area contributed by atoms with Crippen LogP contribution >= 0.6 is 12.4 Å². The standard InChI is InChI=1S/C18H19N3O4.ClH/c1-25-17-8-7-13(21(23)24)9-14(17)18(22)20-10-15(16(19)11-20)12-5-3-2-4-6-12;/h2-9,15-16H,10-11,19H2,1H3;1H/t15-,16+;/m0./s1. The summed E-state index contributed by atoms with van der Waals surface area (Å²) in [5.74, 6) is 0.0385. The maximum atomic E-state index is 12.9. The number of hydrogen-bond acceptors (Lipinski definition) is 5. The first-order valence-corrected chi connectivity index (χ1v) is 7.93. The predicted molar refractivity (Wildman–Crippen MR) is 100.0 cm³/mol. The van der Waals surface area contributed by atoms with E-state index < -0.39 is 4.92 Å². The highest BCUT2D eigenvalue weighted by molar-refractivity contribution is 5.98. The van der Waals surface area contributed by atoms with Gasteiger partial charge in [-0.25, -0.2) is 0 Å². The number of ether oxygens (including phenoxy) is 1. The second kappa shape index (κ2) is 8.16. The van der Waals surface area contributed by atoms with Crippen LogP contribution in [0.4, 0.5) is 5.69 Å². The number of likely N-dealkylation sites (tertiary alicyclic amines) is 1. The molecule has 2 aromatic carbocycles. The molecule has 1 heterocycles. The molecule has 0 saturated carbocycles. The van der Waals surface area contributed by atoms with E-state index in [0.29, 0.717) is 18.8 Å². The smallest absolute Gasteiger partial charge is 0.270 e. The molecule has 1 aliphatic heterocycles. The highest BCUT2D eigenvalue weighted by Gasteiger charge is 2.35. The molecule has 0 aliphatic carbocycles. The lowest BCUT2D eigenvalue weighted by molar-refractivity contribution is -0.384. The molecule has 2 N–H and O–H groups in total. The maximum Gasteiger partial charge on any atom is 0.270 e. The molecule has 1 aliphatic rings. The molecule has 0 spiro atoms. The van der Waals surface area contributed by atoms with Gasteiger partial charge in [0, 0.05) is 37.2 Å². The van der Waals surface area contributed by atoms with E-state index in [4.69, 9.17) is 10.5 Å². The molecule has 8 heteroatoms. The van der Waals surface area contributed by atoms with Crippen molar-refractivity contribution in [3.8, 4) is 5.75 Å². The van der Waals surface area contributed by atoms with Gasteiger partial charge in [0.05, 0.1) is 17.6 Å². The quantitative estimate of drug-likeness (QED) is 0.652. The topological polar surface area (TPSA) is 98.7 Å². The Bertz CT molecular complexity index is 800. The average Bonchev–Trinajstić information content (AvgIpc) is 3.03. The maximum absolute atomic E-state index is 12.9. The molecular formula is C18H20ClN3O4. The fraction of sp³-hybridized carbons (Fsp3) is 0.278. The zero-order chi connectivity index (χ0) is 18.0. The number of nitrogens with zero attached hydrogens (tertiary/aromatic N) is 2.